The van der Waals surface area contributed by atoms with Crippen molar-refractivity contribution in [2.24, 2.45) is 0 Å². The van der Waals surface area contributed by atoms with Crippen LogP contribution in [0.5, 0.6) is 0 Å². The Morgan fingerprint density at radius 3 is 2.56 bits per heavy atom. The Hall–Kier alpha value is -1.29. The van der Waals surface area contributed by atoms with Crippen LogP contribution in [-0.4, -0.2) is 15.6 Å². The van der Waals surface area contributed by atoms with Gasteiger partial charge in [0.05, 0.1) is 5.92 Å². The fourth-order valence-electron chi connectivity index (χ4n) is 2.19. The molecule has 1 aromatic carbocycles. The quantitative estimate of drug-likeness (QED) is 0.924. The molecule has 0 amide bonds. The summed E-state index contributed by atoms with van der Waals surface area (Å²) < 4.78 is 3.07. The molecular formula is C14H16BrNO2. The molecule has 3 nitrogen and oxygen atoms in total. The molecule has 1 N–H and O–H groups in total. The van der Waals surface area contributed by atoms with Gasteiger partial charge in [0, 0.05) is 27.6 Å². The van der Waals surface area contributed by atoms with E-state index in [9.17, 15) is 9.90 Å². The third-order valence-corrected chi connectivity index (χ3v) is 3.89. The Balaban J connectivity index is 2.78. The highest BCUT2D eigenvalue weighted by Crippen LogP contribution is 2.34. The SMILES string of the molecule is CC(C(=O)O)c1cn(C(C)C)c2cccc(Br)c12. The van der Waals surface area contributed by atoms with Crippen LogP contribution in [-0.2, 0) is 4.79 Å². The van der Waals surface area contributed by atoms with Crippen molar-refractivity contribution in [1.29, 1.82) is 0 Å². The van der Waals surface area contributed by atoms with Crippen LogP contribution in [0.4, 0.5) is 0 Å². The van der Waals surface area contributed by atoms with E-state index in [0.717, 1.165) is 20.9 Å². The van der Waals surface area contributed by atoms with Crippen LogP contribution >= 0.6 is 15.9 Å². The first kappa shape index (κ1) is 13.1. The second-order valence-corrected chi connectivity index (χ2v) is 5.63. The molecule has 1 unspecified atom stereocenters. The number of nitrogens with zero attached hydrogens (tertiary/aromatic N) is 1. The molecule has 0 bridgehead atoms. The largest absolute Gasteiger partial charge is 0.481 e. The molecule has 1 heterocycles. The van der Waals surface area contributed by atoms with Gasteiger partial charge in [0.15, 0.2) is 0 Å². The molecule has 0 aliphatic carbocycles. The van der Waals surface area contributed by atoms with Gasteiger partial charge in [-0.2, -0.15) is 0 Å². The second-order valence-electron chi connectivity index (χ2n) is 4.78. The molecular weight excluding hydrogens is 294 g/mol. The number of hydrogen-bond acceptors (Lipinski definition) is 1. The summed E-state index contributed by atoms with van der Waals surface area (Å²) in [4.78, 5) is 11.2. The fraction of sp³-hybridized carbons (Fsp3) is 0.357. The highest BCUT2D eigenvalue weighted by molar-refractivity contribution is 9.10. The van der Waals surface area contributed by atoms with Gasteiger partial charge in [-0.25, -0.2) is 0 Å². The summed E-state index contributed by atoms with van der Waals surface area (Å²) in [6.45, 7) is 5.91. The molecule has 96 valence electrons. The number of fused-ring (bicyclic) bond motifs is 1. The smallest absolute Gasteiger partial charge is 0.310 e. The molecule has 0 saturated carbocycles. The van der Waals surface area contributed by atoms with Gasteiger partial charge in [-0.1, -0.05) is 22.0 Å². The van der Waals surface area contributed by atoms with Crippen molar-refractivity contribution in [3.05, 3.63) is 34.4 Å². The van der Waals surface area contributed by atoms with Crippen molar-refractivity contribution >= 4 is 32.8 Å². The van der Waals surface area contributed by atoms with E-state index in [4.69, 9.17) is 0 Å². The summed E-state index contributed by atoms with van der Waals surface area (Å²) in [7, 11) is 0. The predicted octanol–water partition coefficient (Wildman–Crippen LogP) is 4.17. The molecule has 0 radical (unpaired) electrons. The molecule has 4 heteroatoms. The van der Waals surface area contributed by atoms with E-state index in [-0.39, 0.29) is 0 Å². The predicted molar refractivity (Wildman–Crippen MR) is 76.1 cm³/mol. The van der Waals surface area contributed by atoms with E-state index in [1.807, 2.05) is 24.4 Å². The Bertz CT molecular complexity index is 601. The lowest BCUT2D eigenvalue weighted by Crippen LogP contribution is -2.07. The number of carbonyl (C=O) groups is 1. The van der Waals surface area contributed by atoms with Crippen molar-refractivity contribution in [2.75, 3.05) is 0 Å². The minimum absolute atomic E-state index is 0.302. The van der Waals surface area contributed by atoms with Gasteiger partial charge >= 0.3 is 5.97 Å². The zero-order valence-corrected chi connectivity index (χ0v) is 12.2. The molecule has 0 fully saturated rings. The highest BCUT2D eigenvalue weighted by Gasteiger charge is 2.21. The number of rotatable bonds is 3. The molecule has 2 rings (SSSR count). The number of carboxylic acids is 1. The molecule has 1 aromatic heterocycles. The van der Waals surface area contributed by atoms with Crippen LogP contribution in [0.1, 0.15) is 38.3 Å². The topological polar surface area (TPSA) is 42.2 Å². The summed E-state index contributed by atoms with van der Waals surface area (Å²) in [5.41, 5.74) is 1.93. The molecule has 0 aliphatic heterocycles. The molecule has 0 aliphatic rings. The van der Waals surface area contributed by atoms with Gasteiger partial charge in [0.25, 0.3) is 0 Å². The Labute approximate surface area is 115 Å². The Morgan fingerprint density at radius 2 is 2.00 bits per heavy atom. The monoisotopic (exact) mass is 309 g/mol. The summed E-state index contributed by atoms with van der Waals surface area (Å²) in [5.74, 6) is -1.31. The molecule has 0 spiro atoms. The van der Waals surface area contributed by atoms with Gasteiger partial charge in [-0.05, 0) is 38.5 Å². The minimum atomic E-state index is -0.798. The van der Waals surface area contributed by atoms with Gasteiger partial charge in [0.1, 0.15) is 0 Å². The first-order valence-electron chi connectivity index (χ1n) is 5.95. The average Bonchev–Trinajstić information content (AvgIpc) is 2.68. The van der Waals surface area contributed by atoms with Gasteiger partial charge < -0.3 is 9.67 Å². The van der Waals surface area contributed by atoms with Gasteiger partial charge in [-0.3, -0.25) is 4.79 Å². The third-order valence-electron chi connectivity index (χ3n) is 3.23. The maximum Gasteiger partial charge on any atom is 0.310 e. The van der Waals surface area contributed by atoms with Crippen LogP contribution in [0.3, 0.4) is 0 Å². The standard InChI is InChI=1S/C14H16BrNO2/c1-8(2)16-7-10(9(3)14(17)18)13-11(15)5-4-6-12(13)16/h4-9H,1-3H3,(H,17,18). The van der Waals surface area contributed by atoms with Gasteiger partial charge in [-0.15, -0.1) is 0 Å². The first-order valence-corrected chi connectivity index (χ1v) is 6.74. The van der Waals surface area contributed by atoms with Crippen molar-refractivity contribution in [3.8, 4) is 0 Å². The molecule has 18 heavy (non-hydrogen) atoms. The van der Waals surface area contributed by atoms with Crippen LogP contribution in [0.2, 0.25) is 0 Å². The number of halogens is 1. The van der Waals surface area contributed by atoms with Crippen molar-refractivity contribution < 1.29 is 9.90 Å². The van der Waals surface area contributed by atoms with E-state index in [1.165, 1.54) is 0 Å². The number of hydrogen-bond donors (Lipinski definition) is 1. The summed E-state index contributed by atoms with van der Waals surface area (Å²) >= 11 is 3.52. The van der Waals surface area contributed by atoms with Gasteiger partial charge in [0.2, 0.25) is 0 Å². The second kappa shape index (κ2) is 4.76. The van der Waals surface area contributed by atoms with Crippen LogP contribution < -0.4 is 0 Å². The van der Waals surface area contributed by atoms with E-state index in [1.54, 1.807) is 6.92 Å². The Kier molecular flexibility index (Phi) is 3.48. The summed E-state index contributed by atoms with van der Waals surface area (Å²) in [5, 5.41) is 10.2. The maximum absolute atomic E-state index is 11.2. The summed E-state index contributed by atoms with van der Waals surface area (Å²) in [6, 6.07) is 6.25. The molecule has 0 saturated heterocycles. The lowest BCUT2D eigenvalue weighted by Gasteiger charge is -2.08. The molecule has 2 aromatic rings. The lowest BCUT2D eigenvalue weighted by molar-refractivity contribution is -0.138. The van der Waals surface area contributed by atoms with Crippen molar-refractivity contribution in [2.45, 2.75) is 32.7 Å². The van der Waals surface area contributed by atoms with Crippen LogP contribution in [0, 0.1) is 0 Å². The number of aliphatic carboxylic acids is 1. The highest BCUT2D eigenvalue weighted by atomic mass is 79.9. The van der Waals surface area contributed by atoms with E-state index < -0.39 is 11.9 Å². The fourth-order valence-corrected chi connectivity index (χ4v) is 2.77. The average molecular weight is 310 g/mol. The maximum atomic E-state index is 11.2. The minimum Gasteiger partial charge on any atom is -0.481 e. The Morgan fingerprint density at radius 1 is 1.33 bits per heavy atom. The van der Waals surface area contributed by atoms with E-state index >= 15 is 0 Å². The van der Waals surface area contributed by atoms with E-state index in [0.29, 0.717) is 6.04 Å². The third kappa shape index (κ3) is 2.05. The normalized spacial score (nSPS) is 13.2. The number of benzene rings is 1. The van der Waals surface area contributed by atoms with Crippen LogP contribution in [0.15, 0.2) is 28.9 Å². The lowest BCUT2D eigenvalue weighted by atomic mass is 10.0. The number of carboxylic acid groups (broad SMARTS) is 1. The zero-order chi connectivity index (χ0) is 13.4. The molecule has 1 atom stereocenters. The van der Waals surface area contributed by atoms with Crippen molar-refractivity contribution in [1.82, 2.24) is 4.57 Å². The van der Waals surface area contributed by atoms with Crippen molar-refractivity contribution in [3.63, 3.8) is 0 Å². The number of aromatic nitrogens is 1. The first-order chi connectivity index (χ1) is 8.43. The zero-order valence-electron chi connectivity index (χ0n) is 10.6. The van der Waals surface area contributed by atoms with Crippen LogP contribution in [0.25, 0.3) is 10.9 Å². The van der Waals surface area contributed by atoms with E-state index in [2.05, 4.69) is 34.3 Å². The summed E-state index contributed by atoms with van der Waals surface area (Å²) in [6.07, 6.45) is 1.96.